The van der Waals surface area contributed by atoms with Crippen molar-refractivity contribution in [3.05, 3.63) is 35.9 Å². The molecule has 0 heterocycles. The lowest BCUT2D eigenvalue weighted by atomic mass is 10.1. The van der Waals surface area contributed by atoms with Crippen LogP contribution < -0.4 is 5.32 Å². The van der Waals surface area contributed by atoms with Gasteiger partial charge in [0.2, 0.25) is 5.91 Å². The fraction of sp³-hybridized carbons (Fsp3) is 0.300. The Balaban J connectivity index is 2.73. The Morgan fingerprint density at radius 1 is 1.46 bits per heavy atom. The highest BCUT2D eigenvalue weighted by Gasteiger charge is 2.09. The summed E-state index contributed by atoms with van der Waals surface area (Å²) in [6.07, 6.45) is 0. The molecule has 0 radical (unpaired) electrons. The van der Waals surface area contributed by atoms with E-state index >= 15 is 0 Å². The molecule has 1 rings (SSSR count). The van der Waals surface area contributed by atoms with Crippen LogP contribution in [0.15, 0.2) is 30.3 Å². The highest BCUT2D eigenvalue weighted by atomic mass is 16.3. The van der Waals surface area contributed by atoms with Gasteiger partial charge in [-0.2, -0.15) is 0 Å². The van der Waals surface area contributed by atoms with Crippen LogP contribution in [0.1, 0.15) is 18.5 Å². The lowest BCUT2D eigenvalue weighted by molar-refractivity contribution is -0.120. The summed E-state index contributed by atoms with van der Waals surface area (Å²) in [4.78, 5) is 10.8. The van der Waals surface area contributed by atoms with E-state index in [1.54, 1.807) is 0 Å². The first-order chi connectivity index (χ1) is 6.24. The van der Waals surface area contributed by atoms with E-state index in [0.29, 0.717) is 0 Å². The third-order valence-corrected chi connectivity index (χ3v) is 1.76. The lowest BCUT2D eigenvalue weighted by Gasteiger charge is -2.14. The molecule has 0 fully saturated rings. The number of amides is 1. The molecule has 0 saturated heterocycles. The summed E-state index contributed by atoms with van der Waals surface area (Å²) in [5.41, 5.74) is 0.917. The Morgan fingerprint density at radius 2 is 2.08 bits per heavy atom. The molecule has 1 aromatic carbocycles. The average Bonchev–Trinajstić information content (AvgIpc) is 2.15. The lowest BCUT2D eigenvalue weighted by Crippen LogP contribution is -2.28. The third kappa shape index (κ3) is 2.87. The van der Waals surface area contributed by atoms with Crippen molar-refractivity contribution in [3.8, 4) is 0 Å². The van der Waals surface area contributed by atoms with E-state index in [1.807, 2.05) is 30.3 Å². The molecule has 0 aliphatic carbocycles. The van der Waals surface area contributed by atoms with Crippen molar-refractivity contribution in [3.63, 3.8) is 0 Å². The van der Waals surface area contributed by atoms with Crippen LogP contribution in [-0.2, 0) is 4.79 Å². The van der Waals surface area contributed by atoms with Crippen molar-refractivity contribution >= 4 is 5.91 Å². The Labute approximate surface area is 77.4 Å². The molecule has 0 bridgehead atoms. The van der Waals surface area contributed by atoms with Crippen LogP contribution in [0.4, 0.5) is 0 Å². The van der Waals surface area contributed by atoms with Gasteiger partial charge in [0, 0.05) is 6.92 Å². The summed E-state index contributed by atoms with van der Waals surface area (Å²) in [6, 6.07) is 9.10. The van der Waals surface area contributed by atoms with Gasteiger partial charge in [0.1, 0.15) is 0 Å². The molecule has 0 aliphatic heterocycles. The maximum Gasteiger partial charge on any atom is 0.217 e. The summed E-state index contributed by atoms with van der Waals surface area (Å²) in [7, 11) is 0. The molecule has 1 amide bonds. The van der Waals surface area contributed by atoms with Crippen molar-refractivity contribution in [1.29, 1.82) is 0 Å². The van der Waals surface area contributed by atoms with Gasteiger partial charge in [-0.15, -0.1) is 0 Å². The average molecular weight is 179 g/mol. The van der Waals surface area contributed by atoms with Gasteiger partial charge >= 0.3 is 0 Å². The van der Waals surface area contributed by atoms with Gasteiger partial charge in [-0.1, -0.05) is 30.3 Å². The Morgan fingerprint density at radius 3 is 2.54 bits per heavy atom. The molecule has 13 heavy (non-hydrogen) atoms. The van der Waals surface area contributed by atoms with E-state index in [4.69, 9.17) is 5.11 Å². The molecular formula is C10H13NO2. The summed E-state index contributed by atoms with van der Waals surface area (Å²) in [6.45, 7) is 1.36. The molecular weight excluding hydrogens is 166 g/mol. The largest absolute Gasteiger partial charge is 0.394 e. The first-order valence-corrected chi connectivity index (χ1v) is 4.17. The molecule has 70 valence electrons. The van der Waals surface area contributed by atoms with E-state index in [2.05, 4.69) is 5.32 Å². The molecule has 0 aromatic heterocycles. The third-order valence-electron chi connectivity index (χ3n) is 1.76. The zero-order valence-electron chi connectivity index (χ0n) is 7.53. The highest BCUT2D eigenvalue weighted by Crippen LogP contribution is 2.10. The van der Waals surface area contributed by atoms with Crippen LogP contribution in [0, 0.1) is 0 Å². The highest BCUT2D eigenvalue weighted by molar-refractivity contribution is 5.73. The number of benzene rings is 1. The van der Waals surface area contributed by atoms with Crippen LogP contribution in [0.2, 0.25) is 0 Å². The molecule has 0 unspecified atom stereocenters. The van der Waals surface area contributed by atoms with Crippen LogP contribution in [0.5, 0.6) is 0 Å². The van der Waals surface area contributed by atoms with Crippen LogP contribution in [0.3, 0.4) is 0 Å². The molecule has 3 heteroatoms. The standard InChI is InChI=1S/C10H13NO2/c1-8(13)11-10(7-12)9-5-3-2-4-6-9/h2-6,10,12H,7H2,1H3,(H,11,13)/t10-/m0/s1. The first kappa shape index (κ1) is 9.74. The van der Waals surface area contributed by atoms with Gasteiger partial charge in [0.05, 0.1) is 12.6 Å². The number of hydrogen-bond acceptors (Lipinski definition) is 2. The number of carbonyl (C=O) groups is 1. The predicted octanol–water partition coefficient (Wildman–Crippen LogP) is 0.856. The second-order valence-electron chi connectivity index (χ2n) is 2.85. The first-order valence-electron chi connectivity index (χ1n) is 4.17. The van der Waals surface area contributed by atoms with Gasteiger partial charge in [-0.05, 0) is 5.56 Å². The molecule has 0 aliphatic rings. The second kappa shape index (κ2) is 4.62. The van der Waals surface area contributed by atoms with Gasteiger partial charge in [-0.3, -0.25) is 4.79 Å². The van der Waals surface area contributed by atoms with E-state index in [9.17, 15) is 4.79 Å². The molecule has 3 nitrogen and oxygen atoms in total. The van der Waals surface area contributed by atoms with Crippen molar-refractivity contribution in [2.75, 3.05) is 6.61 Å². The van der Waals surface area contributed by atoms with Gasteiger partial charge in [0.25, 0.3) is 0 Å². The summed E-state index contributed by atoms with van der Waals surface area (Å²) in [5.74, 6) is -0.136. The maximum atomic E-state index is 10.8. The summed E-state index contributed by atoms with van der Waals surface area (Å²) in [5, 5.41) is 11.7. The van der Waals surface area contributed by atoms with Crippen molar-refractivity contribution in [2.45, 2.75) is 13.0 Å². The number of hydrogen-bond donors (Lipinski definition) is 2. The van der Waals surface area contributed by atoms with Gasteiger partial charge < -0.3 is 10.4 Å². The zero-order valence-corrected chi connectivity index (χ0v) is 7.53. The monoisotopic (exact) mass is 179 g/mol. The molecule has 2 N–H and O–H groups in total. The van der Waals surface area contributed by atoms with Crippen LogP contribution >= 0.6 is 0 Å². The molecule has 0 saturated carbocycles. The Hall–Kier alpha value is -1.35. The number of aliphatic hydroxyl groups is 1. The van der Waals surface area contributed by atoms with Gasteiger partial charge in [-0.25, -0.2) is 0 Å². The molecule has 1 aromatic rings. The smallest absolute Gasteiger partial charge is 0.217 e. The number of aliphatic hydroxyl groups excluding tert-OH is 1. The predicted molar refractivity (Wildman–Crippen MR) is 50.1 cm³/mol. The van der Waals surface area contributed by atoms with Crippen molar-refractivity contribution < 1.29 is 9.90 Å². The maximum absolute atomic E-state index is 10.8. The second-order valence-corrected chi connectivity index (χ2v) is 2.85. The minimum Gasteiger partial charge on any atom is -0.394 e. The van der Waals surface area contributed by atoms with Crippen LogP contribution in [-0.4, -0.2) is 17.6 Å². The van der Waals surface area contributed by atoms with Crippen molar-refractivity contribution in [2.24, 2.45) is 0 Å². The number of rotatable bonds is 3. The van der Waals surface area contributed by atoms with E-state index < -0.39 is 0 Å². The quantitative estimate of drug-likeness (QED) is 0.723. The van der Waals surface area contributed by atoms with E-state index in [1.165, 1.54) is 6.92 Å². The number of nitrogens with one attached hydrogen (secondary N) is 1. The Bertz CT molecular complexity index is 272. The van der Waals surface area contributed by atoms with E-state index in [-0.39, 0.29) is 18.6 Å². The normalized spacial score (nSPS) is 12.2. The Kier molecular flexibility index (Phi) is 3.46. The topological polar surface area (TPSA) is 49.3 Å². The minimum atomic E-state index is -0.293. The number of carbonyl (C=O) groups excluding carboxylic acids is 1. The fourth-order valence-electron chi connectivity index (χ4n) is 1.17. The van der Waals surface area contributed by atoms with Crippen LogP contribution in [0.25, 0.3) is 0 Å². The molecule has 0 spiro atoms. The molecule has 1 atom stereocenters. The van der Waals surface area contributed by atoms with Crippen molar-refractivity contribution in [1.82, 2.24) is 5.32 Å². The minimum absolute atomic E-state index is 0.0798. The SMILES string of the molecule is CC(=O)N[C@@H](CO)c1ccccc1. The summed E-state index contributed by atoms with van der Waals surface area (Å²) >= 11 is 0. The summed E-state index contributed by atoms with van der Waals surface area (Å²) < 4.78 is 0. The fourth-order valence-corrected chi connectivity index (χ4v) is 1.17. The van der Waals surface area contributed by atoms with Gasteiger partial charge in [0.15, 0.2) is 0 Å². The van der Waals surface area contributed by atoms with E-state index in [0.717, 1.165) is 5.56 Å². The zero-order chi connectivity index (χ0) is 9.68.